The molecule has 2 nitrogen and oxygen atoms in total. The topological polar surface area (TPSA) is 26.3 Å². The average Bonchev–Trinajstić information content (AvgIpc) is 2.49. The van der Waals surface area contributed by atoms with Gasteiger partial charge in [-0.1, -0.05) is 60.7 Å². The van der Waals surface area contributed by atoms with Crippen molar-refractivity contribution in [1.29, 1.82) is 0 Å². The average molecular weight is 284 g/mol. The van der Waals surface area contributed by atoms with Gasteiger partial charge in [-0.3, -0.25) is 0 Å². The van der Waals surface area contributed by atoms with Gasteiger partial charge in [0.05, 0.1) is 17.8 Å². The van der Waals surface area contributed by atoms with Crippen molar-refractivity contribution >= 4 is 24.1 Å². The van der Waals surface area contributed by atoms with Crippen LogP contribution in [-0.2, 0) is 14.7 Å². The lowest BCUT2D eigenvalue weighted by molar-refractivity contribution is -0.128. The minimum absolute atomic E-state index is 0.296. The van der Waals surface area contributed by atoms with Gasteiger partial charge in [0.15, 0.2) is 0 Å². The Morgan fingerprint density at radius 2 is 1.65 bits per heavy atom. The summed E-state index contributed by atoms with van der Waals surface area (Å²) in [7, 11) is 0. The van der Waals surface area contributed by atoms with Crippen molar-refractivity contribution in [2.45, 2.75) is 12.7 Å². The third-order valence-electron chi connectivity index (χ3n) is 2.71. The zero-order chi connectivity index (χ0) is 14.2. The molecule has 0 saturated carbocycles. The van der Waals surface area contributed by atoms with E-state index >= 15 is 0 Å². The van der Waals surface area contributed by atoms with Gasteiger partial charge in [-0.15, -0.1) is 0 Å². The third kappa shape index (κ3) is 4.59. The molecule has 2 aromatic carbocycles. The normalized spacial score (nSPS) is 11.2. The van der Waals surface area contributed by atoms with E-state index in [1.54, 1.807) is 6.92 Å². The number of benzene rings is 2. The van der Waals surface area contributed by atoms with E-state index in [0.717, 1.165) is 23.2 Å². The third-order valence-corrected chi connectivity index (χ3v) is 3.43. The lowest BCUT2D eigenvalue weighted by atomic mass is 10.1. The van der Waals surface area contributed by atoms with Crippen molar-refractivity contribution in [2.75, 3.05) is 0 Å². The molecule has 0 heterocycles. The Balaban J connectivity index is 1.84. The highest BCUT2D eigenvalue weighted by molar-refractivity contribution is 7.94. The zero-order valence-corrected chi connectivity index (χ0v) is 12.1. The Hall–Kier alpha value is -2.00. The minimum Gasteiger partial charge on any atom is -0.388 e. The molecule has 0 radical (unpaired) electrons. The van der Waals surface area contributed by atoms with Crippen LogP contribution < -0.4 is 0 Å². The number of carbonyl (C=O) groups is 1. The molecule has 0 unspecified atom stereocenters. The summed E-state index contributed by atoms with van der Waals surface area (Å²) in [6.45, 7) is 1.76. The predicted molar refractivity (Wildman–Crippen MR) is 83.9 cm³/mol. The second-order valence-corrected chi connectivity index (χ2v) is 5.05. The molecule has 0 atom stereocenters. The van der Waals surface area contributed by atoms with Gasteiger partial charge in [0.25, 0.3) is 0 Å². The SMILES string of the molecule is CC(=Cc1ccccc1)C(=O)OSCc1ccccc1. The highest BCUT2D eigenvalue weighted by Gasteiger charge is 2.06. The Kier molecular flexibility index (Phi) is 5.44. The van der Waals surface area contributed by atoms with Gasteiger partial charge in [-0.05, 0) is 24.1 Å². The molecule has 3 heteroatoms. The van der Waals surface area contributed by atoms with Crippen LogP contribution in [0.3, 0.4) is 0 Å². The van der Waals surface area contributed by atoms with Crippen LogP contribution in [0.15, 0.2) is 66.2 Å². The standard InChI is InChI=1S/C17H16O2S/c1-14(12-15-8-4-2-5-9-15)17(18)19-20-13-16-10-6-3-7-11-16/h2-12H,13H2,1H3. The van der Waals surface area contributed by atoms with Gasteiger partial charge in [-0.2, -0.15) is 0 Å². The van der Waals surface area contributed by atoms with Gasteiger partial charge in [-0.25, -0.2) is 4.79 Å². The van der Waals surface area contributed by atoms with Crippen LogP contribution in [0, 0.1) is 0 Å². The Morgan fingerprint density at radius 1 is 1.05 bits per heavy atom. The van der Waals surface area contributed by atoms with Crippen molar-refractivity contribution in [3.05, 3.63) is 77.4 Å². The maximum atomic E-state index is 11.8. The summed E-state index contributed by atoms with van der Waals surface area (Å²) in [4.78, 5) is 11.8. The number of carbonyl (C=O) groups excluding carboxylic acids is 1. The second-order valence-electron chi connectivity index (χ2n) is 4.36. The molecule has 0 amide bonds. The van der Waals surface area contributed by atoms with Crippen molar-refractivity contribution < 1.29 is 8.98 Å². The first-order chi connectivity index (χ1) is 9.75. The maximum absolute atomic E-state index is 11.8. The summed E-state index contributed by atoms with van der Waals surface area (Å²) in [6.07, 6.45) is 1.82. The van der Waals surface area contributed by atoms with E-state index < -0.39 is 0 Å². The van der Waals surface area contributed by atoms with E-state index in [0.29, 0.717) is 11.3 Å². The van der Waals surface area contributed by atoms with Gasteiger partial charge in [0.1, 0.15) is 0 Å². The van der Waals surface area contributed by atoms with Gasteiger partial charge < -0.3 is 4.18 Å². The fraction of sp³-hybridized carbons (Fsp3) is 0.118. The van der Waals surface area contributed by atoms with Crippen LogP contribution in [0.5, 0.6) is 0 Å². The molecular weight excluding hydrogens is 268 g/mol. The molecule has 0 aromatic heterocycles. The first-order valence-corrected chi connectivity index (χ1v) is 7.28. The molecule has 20 heavy (non-hydrogen) atoms. The van der Waals surface area contributed by atoms with Crippen LogP contribution in [0.4, 0.5) is 0 Å². The summed E-state index contributed by atoms with van der Waals surface area (Å²) >= 11 is 1.16. The largest absolute Gasteiger partial charge is 0.388 e. The van der Waals surface area contributed by atoms with Crippen molar-refractivity contribution in [3.63, 3.8) is 0 Å². The van der Waals surface area contributed by atoms with Crippen molar-refractivity contribution in [2.24, 2.45) is 0 Å². The molecule has 0 fully saturated rings. The lowest BCUT2D eigenvalue weighted by Crippen LogP contribution is -2.00. The smallest absolute Gasteiger partial charge is 0.345 e. The summed E-state index contributed by atoms with van der Waals surface area (Å²) < 4.78 is 5.19. The van der Waals surface area contributed by atoms with E-state index in [1.807, 2.05) is 66.7 Å². The predicted octanol–water partition coefficient (Wildman–Crippen LogP) is 4.48. The molecule has 0 aliphatic carbocycles. The van der Waals surface area contributed by atoms with Crippen molar-refractivity contribution in [3.8, 4) is 0 Å². The van der Waals surface area contributed by atoms with E-state index in [1.165, 1.54) is 0 Å². The second kappa shape index (κ2) is 7.56. The highest BCUT2D eigenvalue weighted by Crippen LogP contribution is 2.16. The van der Waals surface area contributed by atoms with E-state index in [4.69, 9.17) is 4.18 Å². The van der Waals surface area contributed by atoms with Crippen molar-refractivity contribution in [1.82, 2.24) is 0 Å². The van der Waals surface area contributed by atoms with E-state index in [9.17, 15) is 4.79 Å². The van der Waals surface area contributed by atoms with Crippen LogP contribution >= 0.6 is 12.0 Å². The molecule has 2 aromatic rings. The molecular formula is C17H16O2S. The monoisotopic (exact) mass is 284 g/mol. The fourth-order valence-corrected chi connectivity index (χ4v) is 2.28. The number of hydrogen-bond acceptors (Lipinski definition) is 3. The molecule has 0 aliphatic heterocycles. The van der Waals surface area contributed by atoms with E-state index in [2.05, 4.69) is 0 Å². The summed E-state index contributed by atoms with van der Waals surface area (Å²) in [6, 6.07) is 19.6. The summed E-state index contributed by atoms with van der Waals surface area (Å²) in [5.41, 5.74) is 2.72. The first kappa shape index (κ1) is 14.4. The lowest BCUT2D eigenvalue weighted by Gasteiger charge is -2.03. The molecule has 102 valence electrons. The van der Waals surface area contributed by atoms with Crippen LogP contribution in [0.2, 0.25) is 0 Å². The molecule has 0 spiro atoms. The zero-order valence-electron chi connectivity index (χ0n) is 11.3. The van der Waals surface area contributed by atoms with Crippen LogP contribution in [0.25, 0.3) is 6.08 Å². The van der Waals surface area contributed by atoms with Gasteiger partial charge in [0.2, 0.25) is 0 Å². The molecule has 0 aliphatic rings. The molecule has 0 saturated heterocycles. The van der Waals surface area contributed by atoms with E-state index in [-0.39, 0.29) is 5.97 Å². The summed E-state index contributed by atoms with van der Waals surface area (Å²) in [5, 5.41) is 0. The number of rotatable bonds is 5. The first-order valence-electron chi connectivity index (χ1n) is 6.37. The number of hydrogen-bond donors (Lipinski definition) is 0. The highest BCUT2D eigenvalue weighted by atomic mass is 32.2. The Morgan fingerprint density at radius 3 is 2.30 bits per heavy atom. The van der Waals surface area contributed by atoms with Gasteiger partial charge >= 0.3 is 5.97 Å². The van der Waals surface area contributed by atoms with Gasteiger partial charge in [0, 0.05) is 5.57 Å². The minimum atomic E-state index is -0.296. The Labute approximate surface area is 123 Å². The van der Waals surface area contributed by atoms with Crippen LogP contribution in [0.1, 0.15) is 18.1 Å². The maximum Gasteiger partial charge on any atom is 0.345 e. The fourth-order valence-electron chi connectivity index (χ4n) is 1.65. The molecule has 2 rings (SSSR count). The molecule has 0 bridgehead atoms. The van der Waals surface area contributed by atoms with Crippen LogP contribution in [-0.4, -0.2) is 5.97 Å². The Bertz CT molecular complexity index is 576. The quantitative estimate of drug-likeness (QED) is 0.598. The summed E-state index contributed by atoms with van der Waals surface area (Å²) in [5.74, 6) is 0.361. The molecule has 0 N–H and O–H groups in total.